The molecule has 11 heteroatoms. The van der Waals surface area contributed by atoms with Crippen LogP contribution in [0.3, 0.4) is 0 Å². The fraction of sp³-hybridized carbons (Fsp3) is 0.700. The van der Waals surface area contributed by atoms with Crippen molar-refractivity contribution < 1.29 is 24.6 Å². The van der Waals surface area contributed by atoms with Crippen molar-refractivity contribution in [1.82, 2.24) is 20.4 Å². The average Bonchev–Trinajstić information content (AvgIpc) is 3.43. The number of nitrogens with zero attached hydrogens (tertiary/aromatic N) is 2. The Kier molecular flexibility index (Phi) is 5.78. The summed E-state index contributed by atoms with van der Waals surface area (Å²) >= 11 is 1.37. The maximum Gasteiger partial charge on any atom is 0.352 e. The third kappa shape index (κ3) is 3.52. The van der Waals surface area contributed by atoms with Gasteiger partial charge in [0, 0.05) is 30.9 Å². The molecule has 4 aliphatic rings. The van der Waals surface area contributed by atoms with E-state index in [0.29, 0.717) is 19.5 Å². The van der Waals surface area contributed by atoms with E-state index < -0.39 is 22.9 Å². The third-order valence-electron chi connectivity index (χ3n) is 6.81. The van der Waals surface area contributed by atoms with Gasteiger partial charge in [-0.1, -0.05) is 6.92 Å². The number of carboxylic acid groups (broad SMARTS) is 1. The average molecular weight is 452 g/mol. The van der Waals surface area contributed by atoms with Crippen LogP contribution < -0.4 is 10.6 Å². The van der Waals surface area contributed by atoms with Crippen molar-refractivity contribution in [3.8, 4) is 0 Å². The Balaban J connectivity index is 1.40. The van der Waals surface area contributed by atoms with Crippen LogP contribution in [0.15, 0.2) is 11.8 Å². The van der Waals surface area contributed by atoms with E-state index in [4.69, 9.17) is 5.41 Å². The summed E-state index contributed by atoms with van der Waals surface area (Å²) in [6.07, 6.45) is 3.25. The number of carbonyl (C=O) groups is 3. The van der Waals surface area contributed by atoms with Gasteiger partial charge in [-0.3, -0.25) is 19.9 Å². The number of thioether (sulfide) groups is 1. The van der Waals surface area contributed by atoms with Gasteiger partial charge < -0.3 is 25.7 Å². The number of aliphatic hydroxyl groups is 1. The van der Waals surface area contributed by atoms with E-state index in [0.717, 1.165) is 13.0 Å². The molecule has 4 rings (SSSR count). The number of hydrogen-bond acceptors (Lipinski definition) is 7. The summed E-state index contributed by atoms with van der Waals surface area (Å²) < 4.78 is -1.11. The van der Waals surface area contributed by atoms with Crippen molar-refractivity contribution in [2.45, 2.75) is 60.9 Å². The van der Waals surface area contributed by atoms with E-state index in [-0.39, 0.29) is 40.8 Å². The summed E-state index contributed by atoms with van der Waals surface area (Å²) in [5, 5.41) is 33.5. The molecule has 0 aliphatic carbocycles. The second-order valence-electron chi connectivity index (χ2n) is 8.86. The van der Waals surface area contributed by atoms with Gasteiger partial charge in [0.2, 0.25) is 11.8 Å². The van der Waals surface area contributed by atoms with E-state index in [9.17, 15) is 24.6 Å². The summed E-state index contributed by atoms with van der Waals surface area (Å²) in [5.74, 6) is -1.78. The molecule has 0 bridgehead atoms. The van der Waals surface area contributed by atoms with Crippen LogP contribution in [0.2, 0.25) is 0 Å². The van der Waals surface area contributed by atoms with Crippen LogP contribution in [-0.4, -0.2) is 98.0 Å². The topological polar surface area (TPSA) is 146 Å². The number of carbonyl (C=O) groups excluding carboxylic acids is 2. The number of β-lactam (4-membered cyclic amide) rings is 1. The predicted octanol–water partition coefficient (Wildman–Crippen LogP) is -0.804. The van der Waals surface area contributed by atoms with Crippen molar-refractivity contribution >= 4 is 35.9 Å². The van der Waals surface area contributed by atoms with Crippen molar-refractivity contribution in [3.05, 3.63) is 11.8 Å². The van der Waals surface area contributed by atoms with Gasteiger partial charge in [-0.2, -0.15) is 0 Å². The lowest BCUT2D eigenvalue weighted by atomic mass is 9.78. The lowest BCUT2D eigenvalue weighted by Crippen LogP contribution is -2.76. The zero-order valence-electron chi connectivity index (χ0n) is 17.6. The number of likely N-dealkylation sites (tertiary alicyclic amines) is 1. The number of nitrogens with one attached hydrogen (secondary N) is 3. The van der Waals surface area contributed by atoms with Crippen LogP contribution in [0.4, 0.5) is 0 Å². The Morgan fingerprint density at radius 2 is 2.23 bits per heavy atom. The molecule has 6 unspecified atom stereocenters. The highest BCUT2D eigenvalue weighted by Gasteiger charge is 2.69. The highest BCUT2D eigenvalue weighted by atomic mass is 32.2. The molecule has 3 saturated heterocycles. The van der Waals surface area contributed by atoms with E-state index >= 15 is 0 Å². The number of fused-ring (bicyclic) bond motifs is 1. The van der Waals surface area contributed by atoms with Crippen molar-refractivity contribution in [2.24, 2.45) is 5.92 Å². The minimum Gasteiger partial charge on any atom is -0.477 e. The first-order valence-electron chi connectivity index (χ1n) is 10.6. The maximum absolute atomic E-state index is 13.1. The minimum atomic E-state index is -1.14. The zero-order chi connectivity index (χ0) is 22.5. The Bertz CT molecular complexity index is 835. The SMILES string of the molecule is CC1C=C(C(=O)O)N2C(=O)C(SC3CNC(C(=O)NC4CCN(C=N)C4)C3)(C(C)O)[C@H]12. The highest BCUT2D eigenvalue weighted by molar-refractivity contribution is 8.02. The zero-order valence-corrected chi connectivity index (χ0v) is 18.4. The van der Waals surface area contributed by atoms with E-state index in [1.165, 1.54) is 23.0 Å². The first-order valence-corrected chi connectivity index (χ1v) is 11.5. The maximum atomic E-state index is 13.1. The van der Waals surface area contributed by atoms with E-state index in [1.807, 2.05) is 11.8 Å². The Labute approximate surface area is 184 Å². The van der Waals surface area contributed by atoms with Crippen molar-refractivity contribution in [3.63, 3.8) is 0 Å². The normalized spacial score (nSPS) is 37.8. The standard InChI is InChI=1S/C20H29N5O5S/c1-10-5-15(18(28)29)25-16(10)20(11(2)26,19(25)30)31-13-6-14(22-7-13)17(27)23-12-3-4-24(8-12)9-21/h5,9-14,16,21-22,26H,3-4,6-8H2,1-2H3,(H,23,27)(H,28,29)/t10?,11?,12?,13?,14?,16-,20?/m0/s1. The number of carboxylic acids is 1. The molecule has 170 valence electrons. The van der Waals surface area contributed by atoms with Crippen LogP contribution >= 0.6 is 11.8 Å². The number of hydrogen-bond donors (Lipinski definition) is 5. The van der Waals surface area contributed by atoms with Crippen molar-refractivity contribution in [2.75, 3.05) is 19.6 Å². The fourth-order valence-electron chi connectivity index (χ4n) is 5.28. The second kappa shape index (κ2) is 8.10. The van der Waals surface area contributed by atoms with Crippen LogP contribution in [0, 0.1) is 11.3 Å². The molecule has 7 atom stereocenters. The minimum absolute atomic E-state index is 0.0169. The largest absolute Gasteiger partial charge is 0.477 e. The van der Waals surface area contributed by atoms with Gasteiger partial charge >= 0.3 is 5.97 Å². The number of aliphatic hydroxyl groups excluding tert-OH is 1. The smallest absolute Gasteiger partial charge is 0.352 e. The number of rotatable bonds is 7. The molecule has 4 aliphatic heterocycles. The first-order chi connectivity index (χ1) is 14.7. The summed E-state index contributed by atoms with van der Waals surface area (Å²) in [7, 11) is 0. The first kappa shape index (κ1) is 22.1. The molecule has 2 amide bonds. The molecule has 0 aromatic carbocycles. The highest BCUT2D eigenvalue weighted by Crippen LogP contribution is 2.55. The van der Waals surface area contributed by atoms with Gasteiger partial charge in [-0.05, 0) is 31.8 Å². The van der Waals surface area contributed by atoms with Crippen LogP contribution in [0.1, 0.15) is 26.7 Å². The van der Waals surface area contributed by atoms with Crippen LogP contribution in [0.25, 0.3) is 0 Å². The molecule has 0 spiro atoms. The monoisotopic (exact) mass is 451 g/mol. The van der Waals surface area contributed by atoms with Crippen LogP contribution in [-0.2, 0) is 14.4 Å². The second-order valence-corrected chi connectivity index (χ2v) is 10.4. The molecule has 10 nitrogen and oxygen atoms in total. The Hall–Kier alpha value is -2.11. The summed E-state index contributed by atoms with van der Waals surface area (Å²) in [4.78, 5) is 40.4. The fourth-order valence-corrected chi connectivity index (χ4v) is 7.16. The predicted molar refractivity (Wildman–Crippen MR) is 115 cm³/mol. The van der Waals surface area contributed by atoms with E-state index in [2.05, 4.69) is 10.6 Å². The van der Waals surface area contributed by atoms with Gasteiger partial charge in [0.25, 0.3) is 0 Å². The van der Waals surface area contributed by atoms with Gasteiger partial charge in [-0.25, -0.2) is 4.79 Å². The Morgan fingerprint density at radius 1 is 1.48 bits per heavy atom. The molecule has 0 saturated carbocycles. The summed E-state index contributed by atoms with van der Waals surface area (Å²) in [6, 6.07) is -0.764. The lowest BCUT2D eigenvalue weighted by Gasteiger charge is -2.56. The quantitative estimate of drug-likeness (QED) is 0.192. The van der Waals surface area contributed by atoms with Gasteiger partial charge in [0.1, 0.15) is 10.4 Å². The van der Waals surface area contributed by atoms with Gasteiger partial charge in [-0.15, -0.1) is 11.8 Å². The molecule has 0 radical (unpaired) electrons. The molecule has 4 heterocycles. The summed E-state index contributed by atoms with van der Waals surface area (Å²) in [5.41, 5.74) is -0.0169. The van der Waals surface area contributed by atoms with Crippen molar-refractivity contribution in [1.29, 1.82) is 5.41 Å². The molecule has 3 fully saturated rings. The number of amides is 2. The van der Waals surface area contributed by atoms with Gasteiger partial charge in [0.15, 0.2) is 0 Å². The molecule has 0 aromatic rings. The molecular formula is C20H29N5O5S. The van der Waals surface area contributed by atoms with Crippen LogP contribution in [0.5, 0.6) is 0 Å². The molecular weight excluding hydrogens is 422 g/mol. The molecule has 0 aromatic heterocycles. The number of aliphatic carboxylic acids is 1. The van der Waals surface area contributed by atoms with Gasteiger partial charge in [0.05, 0.1) is 24.5 Å². The molecule has 5 N–H and O–H groups in total. The lowest BCUT2D eigenvalue weighted by molar-refractivity contribution is -0.158. The summed E-state index contributed by atoms with van der Waals surface area (Å²) in [6.45, 7) is 5.36. The molecule has 31 heavy (non-hydrogen) atoms. The Morgan fingerprint density at radius 3 is 2.84 bits per heavy atom. The van der Waals surface area contributed by atoms with E-state index in [1.54, 1.807) is 13.0 Å². The third-order valence-corrected chi connectivity index (χ3v) is 8.65.